The van der Waals surface area contributed by atoms with Crippen LogP contribution in [0, 0.1) is 0 Å². The van der Waals surface area contributed by atoms with E-state index in [4.69, 9.17) is 11.6 Å². The minimum atomic E-state index is -0.524. The molecule has 0 aliphatic carbocycles. The molecule has 0 aliphatic rings. The maximum Gasteiger partial charge on any atom is 0.243 e. The second-order valence-electron chi connectivity index (χ2n) is 7.27. The van der Waals surface area contributed by atoms with Crippen LogP contribution in [-0.4, -0.2) is 34.6 Å². The average molecular weight is 447 g/mol. The van der Waals surface area contributed by atoms with Gasteiger partial charge in [-0.25, -0.2) is 0 Å². The molecule has 0 heterocycles. The molecule has 30 heavy (non-hydrogen) atoms. The van der Waals surface area contributed by atoms with Crippen molar-refractivity contribution in [2.24, 2.45) is 0 Å². The zero-order chi connectivity index (χ0) is 21.9. The Labute approximate surface area is 189 Å². The van der Waals surface area contributed by atoms with Crippen molar-refractivity contribution in [1.29, 1.82) is 0 Å². The molecule has 2 atom stereocenters. The van der Waals surface area contributed by atoms with E-state index in [0.717, 1.165) is 16.9 Å². The number of amides is 2. The van der Waals surface area contributed by atoms with Gasteiger partial charge in [0.15, 0.2) is 0 Å². The molecule has 2 amide bonds. The maximum atomic E-state index is 13.2. The Hall–Kier alpha value is -1.98. The van der Waals surface area contributed by atoms with Crippen LogP contribution in [0.1, 0.15) is 45.6 Å². The van der Waals surface area contributed by atoms with Gasteiger partial charge in [-0.05, 0) is 43.5 Å². The Kier molecular flexibility index (Phi) is 10.2. The summed E-state index contributed by atoms with van der Waals surface area (Å²) in [5.41, 5.74) is 0.845. The van der Waals surface area contributed by atoms with E-state index in [0.29, 0.717) is 30.2 Å². The highest BCUT2D eigenvalue weighted by Crippen LogP contribution is 2.22. The lowest BCUT2D eigenvalue weighted by atomic mass is 10.1. The third-order valence-electron chi connectivity index (χ3n) is 5.01. The van der Waals surface area contributed by atoms with Crippen LogP contribution in [0.2, 0.25) is 5.02 Å². The van der Waals surface area contributed by atoms with E-state index in [1.807, 2.05) is 75.4 Å². The number of nitrogens with zero attached hydrogens (tertiary/aromatic N) is 1. The number of hydrogen-bond acceptors (Lipinski definition) is 3. The summed E-state index contributed by atoms with van der Waals surface area (Å²) < 4.78 is 0. The molecule has 0 fully saturated rings. The summed E-state index contributed by atoms with van der Waals surface area (Å²) in [6.45, 7) is 6.26. The van der Waals surface area contributed by atoms with Crippen LogP contribution in [0.5, 0.6) is 0 Å². The standard InChI is InChI=1S/C24H31ClN2O2S/c1-4-18(3)26-24(29)22(5-2)27(17-19-11-9-10-14-21(19)25)23(28)15-16-30-20-12-7-6-8-13-20/h6-14,18,22H,4-5,15-17H2,1-3H3,(H,26,29). The van der Waals surface area contributed by atoms with E-state index in [9.17, 15) is 9.59 Å². The number of benzene rings is 2. The Bertz CT molecular complexity index is 816. The highest BCUT2D eigenvalue weighted by Gasteiger charge is 2.29. The molecule has 1 N–H and O–H groups in total. The number of hydrogen-bond donors (Lipinski definition) is 1. The van der Waals surface area contributed by atoms with Gasteiger partial charge in [-0.15, -0.1) is 11.8 Å². The lowest BCUT2D eigenvalue weighted by Gasteiger charge is -2.31. The van der Waals surface area contributed by atoms with Crippen LogP contribution < -0.4 is 5.32 Å². The maximum absolute atomic E-state index is 13.2. The van der Waals surface area contributed by atoms with Crippen LogP contribution in [0.3, 0.4) is 0 Å². The molecule has 2 aromatic carbocycles. The first kappa shape index (κ1) is 24.3. The van der Waals surface area contributed by atoms with Crippen molar-refractivity contribution in [2.75, 3.05) is 5.75 Å². The Morgan fingerprint density at radius 2 is 1.70 bits per heavy atom. The van der Waals surface area contributed by atoms with Crippen molar-refractivity contribution >= 4 is 35.2 Å². The largest absolute Gasteiger partial charge is 0.352 e. The van der Waals surface area contributed by atoms with Gasteiger partial charge in [-0.3, -0.25) is 9.59 Å². The van der Waals surface area contributed by atoms with Gasteiger partial charge >= 0.3 is 0 Å². The molecule has 0 saturated heterocycles. The van der Waals surface area contributed by atoms with E-state index in [-0.39, 0.29) is 17.9 Å². The molecule has 0 bridgehead atoms. The molecule has 2 aromatic rings. The van der Waals surface area contributed by atoms with Gasteiger partial charge in [-0.2, -0.15) is 0 Å². The van der Waals surface area contributed by atoms with Gasteiger partial charge in [-0.1, -0.05) is 61.8 Å². The lowest BCUT2D eigenvalue weighted by molar-refractivity contribution is -0.141. The van der Waals surface area contributed by atoms with Gasteiger partial charge in [0.05, 0.1) is 0 Å². The fourth-order valence-electron chi connectivity index (χ4n) is 3.09. The van der Waals surface area contributed by atoms with Crippen LogP contribution in [0.15, 0.2) is 59.5 Å². The summed E-state index contributed by atoms with van der Waals surface area (Å²) in [7, 11) is 0. The molecule has 0 aliphatic heterocycles. The van der Waals surface area contributed by atoms with Gasteiger partial charge in [0.2, 0.25) is 11.8 Å². The molecule has 2 unspecified atom stereocenters. The number of carbonyl (C=O) groups is 2. The van der Waals surface area contributed by atoms with Gasteiger partial charge in [0, 0.05) is 34.7 Å². The fourth-order valence-corrected chi connectivity index (χ4v) is 4.14. The summed E-state index contributed by atoms with van der Waals surface area (Å²) in [6.07, 6.45) is 1.75. The number of rotatable bonds is 11. The molecule has 0 radical (unpaired) electrons. The predicted molar refractivity (Wildman–Crippen MR) is 126 cm³/mol. The molecule has 0 aromatic heterocycles. The van der Waals surface area contributed by atoms with Gasteiger partial charge < -0.3 is 10.2 Å². The first-order chi connectivity index (χ1) is 14.5. The van der Waals surface area contributed by atoms with Crippen molar-refractivity contribution in [3.8, 4) is 0 Å². The zero-order valence-corrected chi connectivity index (χ0v) is 19.5. The summed E-state index contributed by atoms with van der Waals surface area (Å²) in [4.78, 5) is 28.9. The van der Waals surface area contributed by atoms with Gasteiger partial charge in [0.25, 0.3) is 0 Å². The first-order valence-corrected chi connectivity index (χ1v) is 11.8. The molecule has 162 valence electrons. The van der Waals surface area contributed by atoms with E-state index < -0.39 is 6.04 Å². The number of halogens is 1. The van der Waals surface area contributed by atoms with Crippen LogP contribution in [0.4, 0.5) is 0 Å². The second-order valence-corrected chi connectivity index (χ2v) is 8.84. The predicted octanol–water partition coefficient (Wildman–Crippen LogP) is 5.54. The van der Waals surface area contributed by atoms with Crippen molar-refractivity contribution in [1.82, 2.24) is 10.2 Å². The quantitative estimate of drug-likeness (QED) is 0.460. The highest BCUT2D eigenvalue weighted by atomic mass is 35.5. The molecule has 6 heteroatoms. The molecular weight excluding hydrogens is 416 g/mol. The number of nitrogens with one attached hydrogen (secondary N) is 1. The second kappa shape index (κ2) is 12.7. The molecule has 4 nitrogen and oxygen atoms in total. The molecular formula is C24H31ClN2O2S. The lowest BCUT2D eigenvalue weighted by Crippen LogP contribution is -2.50. The topological polar surface area (TPSA) is 49.4 Å². The smallest absolute Gasteiger partial charge is 0.243 e. The molecule has 0 spiro atoms. The summed E-state index contributed by atoms with van der Waals surface area (Å²) in [5, 5.41) is 3.63. The Morgan fingerprint density at radius 3 is 2.33 bits per heavy atom. The summed E-state index contributed by atoms with van der Waals surface area (Å²) in [6, 6.07) is 17.0. The summed E-state index contributed by atoms with van der Waals surface area (Å²) in [5.74, 6) is 0.512. The monoisotopic (exact) mass is 446 g/mol. The average Bonchev–Trinajstić information content (AvgIpc) is 2.75. The van der Waals surface area contributed by atoms with Crippen molar-refractivity contribution < 1.29 is 9.59 Å². The number of thioether (sulfide) groups is 1. The Morgan fingerprint density at radius 1 is 1.03 bits per heavy atom. The minimum Gasteiger partial charge on any atom is -0.352 e. The van der Waals surface area contributed by atoms with Crippen LogP contribution in [0.25, 0.3) is 0 Å². The first-order valence-electron chi connectivity index (χ1n) is 10.5. The van der Waals surface area contributed by atoms with Crippen molar-refractivity contribution in [3.63, 3.8) is 0 Å². The fraction of sp³-hybridized carbons (Fsp3) is 0.417. The van der Waals surface area contributed by atoms with E-state index in [2.05, 4.69) is 5.32 Å². The Balaban J connectivity index is 2.15. The zero-order valence-electron chi connectivity index (χ0n) is 17.9. The van der Waals surface area contributed by atoms with Crippen molar-refractivity contribution in [2.45, 2.75) is 63.6 Å². The van der Waals surface area contributed by atoms with Crippen molar-refractivity contribution in [3.05, 3.63) is 65.2 Å². The van der Waals surface area contributed by atoms with Crippen LogP contribution in [-0.2, 0) is 16.1 Å². The molecule has 0 saturated carbocycles. The van der Waals surface area contributed by atoms with E-state index in [1.54, 1.807) is 16.7 Å². The normalized spacial score (nSPS) is 12.8. The van der Waals surface area contributed by atoms with E-state index in [1.165, 1.54) is 0 Å². The minimum absolute atomic E-state index is 0.0375. The van der Waals surface area contributed by atoms with Gasteiger partial charge in [0.1, 0.15) is 6.04 Å². The highest BCUT2D eigenvalue weighted by molar-refractivity contribution is 7.99. The number of carbonyl (C=O) groups excluding carboxylic acids is 2. The third-order valence-corrected chi connectivity index (χ3v) is 6.40. The molecule has 2 rings (SSSR count). The SMILES string of the molecule is CCC(C)NC(=O)C(CC)N(Cc1ccccc1Cl)C(=O)CCSc1ccccc1. The summed E-state index contributed by atoms with van der Waals surface area (Å²) >= 11 is 7.99. The third kappa shape index (κ3) is 7.37. The van der Waals surface area contributed by atoms with E-state index >= 15 is 0 Å². The van der Waals surface area contributed by atoms with Crippen LogP contribution >= 0.6 is 23.4 Å².